The first kappa shape index (κ1) is 24.8. The molecule has 162 valence electrons. The van der Waals surface area contributed by atoms with Gasteiger partial charge in [0.25, 0.3) is 10.2 Å². The Morgan fingerprint density at radius 1 is 0.889 bits per heavy atom. The Balaban J connectivity index is 2.49. The van der Waals surface area contributed by atoms with Gasteiger partial charge in [-0.25, -0.2) is 13.1 Å². The molecule has 1 rings (SSSR count). The van der Waals surface area contributed by atoms with Crippen molar-refractivity contribution in [3.05, 3.63) is 0 Å². The highest BCUT2D eigenvalue weighted by atomic mass is 32.2. The molecular weight excluding hydrogens is 388 g/mol. The summed E-state index contributed by atoms with van der Waals surface area (Å²) in [5.74, 6) is 0.904. The first-order chi connectivity index (χ1) is 12.4. The van der Waals surface area contributed by atoms with Gasteiger partial charge in [-0.15, -0.1) is 0 Å². The molecule has 1 N–H and O–H groups in total. The van der Waals surface area contributed by atoms with Crippen LogP contribution in [0.25, 0.3) is 0 Å². The minimum absolute atomic E-state index is 0.334. The normalized spacial score (nSPS) is 18.1. The zero-order valence-corrected chi connectivity index (χ0v) is 19.1. The molecule has 0 spiro atoms. The highest BCUT2D eigenvalue weighted by Gasteiger charge is 2.25. The number of nitrogens with one attached hydrogen (secondary N) is 1. The second-order valence-electron chi connectivity index (χ2n) is 8.17. The van der Waals surface area contributed by atoms with Crippen molar-refractivity contribution in [2.45, 2.75) is 40.5 Å². The molecule has 0 aromatic heterocycles. The van der Waals surface area contributed by atoms with E-state index in [0.717, 1.165) is 12.8 Å². The Kier molecular flexibility index (Phi) is 10.2. The summed E-state index contributed by atoms with van der Waals surface area (Å²) in [6.45, 7) is 12.5. The van der Waals surface area contributed by atoms with Gasteiger partial charge >= 0.3 is 0 Å². The molecule has 0 bridgehead atoms. The molecule has 8 nitrogen and oxygen atoms in total. The van der Waals surface area contributed by atoms with Crippen LogP contribution >= 0.6 is 0 Å². The van der Waals surface area contributed by atoms with Gasteiger partial charge < -0.3 is 0 Å². The topological polar surface area (TPSA) is 90.0 Å². The number of piperazine rings is 1. The van der Waals surface area contributed by atoms with E-state index in [9.17, 15) is 16.8 Å². The predicted molar refractivity (Wildman–Crippen MR) is 110 cm³/mol. The average Bonchev–Trinajstić information content (AvgIpc) is 2.53. The minimum atomic E-state index is -3.50. The Labute approximate surface area is 166 Å². The van der Waals surface area contributed by atoms with Crippen molar-refractivity contribution < 1.29 is 16.8 Å². The molecule has 0 aliphatic carbocycles. The van der Waals surface area contributed by atoms with E-state index in [1.807, 2.05) is 0 Å². The number of hydrogen-bond acceptors (Lipinski definition) is 5. The molecule has 1 fully saturated rings. The molecule has 1 saturated heterocycles. The summed E-state index contributed by atoms with van der Waals surface area (Å²) in [7, 11) is -6.64. The van der Waals surface area contributed by atoms with Gasteiger partial charge in [-0.1, -0.05) is 27.7 Å². The van der Waals surface area contributed by atoms with Crippen molar-refractivity contribution in [1.82, 2.24) is 18.2 Å². The van der Waals surface area contributed by atoms with Crippen molar-refractivity contribution in [3.63, 3.8) is 0 Å². The second-order valence-corrected chi connectivity index (χ2v) is 11.9. The van der Waals surface area contributed by atoms with E-state index in [2.05, 4.69) is 37.3 Å². The van der Waals surface area contributed by atoms with E-state index >= 15 is 0 Å². The van der Waals surface area contributed by atoms with Crippen molar-refractivity contribution in [3.8, 4) is 0 Å². The van der Waals surface area contributed by atoms with Crippen LogP contribution in [0.15, 0.2) is 0 Å². The van der Waals surface area contributed by atoms with Crippen LogP contribution in [0.5, 0.6) is 0 Å². The molecule has 0 amide bonds. The fourth-order valence-corrected chi connectivity index (χ4v) is 4.92. The quantitative estimate of drug-likeness (QED) is 0.498. The number of rotatable bonds is 12. The van der Waals surface area contributed by atoms with E-state index in [4.69, 9.17) is 0 Å². The largest absolute Gasteiger partial charge is 0.299 e. The highest BCUT2D eigenvalue weighted by Crippen LogP contribution is 2.10. The van der Waals surface area contributed by atoms with E-state index in [1.54, 1.807) is 4.31 Å². The van der Waals surface area contributed by atoms with E-state index < -0.39 is 20.2 Å². The lowest BCUT2D eigenvalue weighted by atomic mass is 10.1. The van der Waals surface area contributed by atoms with Crippen LogP contribution < -0.4 is 4.72 Å². The molecule has 0 radical (unpaired) electrons. The lowest BCUT2D eigenvalue weighted by Gasteiger charge is -2.33. The zero-order valence-electron chi connectivity index (χ0n) is 17.5. The average molecular weight is 427 g/mol. The smallest absolute Gasteiger partial charge is 0.279 e. The summed E-state index contributed by atoms with van der Waals surface area (Å²) >= 11 is 0. The van der Waals surface area contributed by atoms with Gasteiger partial charge in [0.2, 0.25) is 10.0 Å². The molecule has 0 atom stereocenters. The van der Waals surface area contributed by atoms with Crippen LogP contribution in [-0.4, -0.2) is 89.0 Å². The van der Waals surface area contributed by atoms with Crippen molar-refractivity contribution in [2.75, 3.05) is 58.6 Å². The monoisotopic (exact) mass is 426 g/mol. The maximum absolute atomic E-state index is 12.7. The number of nitrogens with zero attached hydrogens (tertiary/aromatic N) is 3. The van der Waals surface area contributed by atoms with Gasteiger partial charge in [-0.2, -0.15) is 17.0 Å². The first-order valence-corrected chi connectivity index (χ1v) is 13.1. The van der Waals surface area contributed by atoms with Crippen molar-refractivity contribution >= 4 is 20.2 Å². The Bertz CT molecular complexity index is 615. The molecule has 0 aromatic rings. The standard InChI is InChI=1S/C17H38N4O4S2/c1-16(2)6-9-21(10-7-17(3)4)27(24,25)18-8-11-19-12-14-20(15-13-19)26(5,22)23/h16-18H,6-15H2,1-5H3. The van der Waals surface area contributed by atoms with Crippen LogP contribution in [0.2, 0.25) is 0 Å². The summed E-state index contributed by atoms with van der Waals surface area (Å²) in [6, 6.07) is 0. The van der Waals surface area contributed by atoms with Crippen molar-refractivity contribution in [2.24, 2.45) is 11.8 Å². The molecule has 0 unspecified atom stereocenters. The lowest BCUT2D eigenvalue weighted by Crippen LogP contribution is -2.50. The van der Waals surface area contributed by atoms with Crippen molar-refractivity contribution in [1.29, 1.82) is 0 Å². The molecular formula is C17H38N4O4S2. The third kappa shape index (κ3) is 9.67. The van der Waals surface area contributed by atoms with Gasteiger partial charge in [-0.05, 0) is 24.7 Å². The van der Waals surface area contributed by atoms with Gasteiger partial charge in [0.1, 0.15) is 0 Å². The van der Waals surface area contributed by atoms with Gasteiger partial charge in [0, 0.05) is 52.4 Å². The SMILES string of the molecule is CC(C)CCN(CCC(C)C)S(=O)(=O)NCCN1CCN(S(C)(=O)=O)CC1. The second kappa shape index (κ2) is 11.1. The van der Waals surface area contributed by atoms with Crippen LogP contribution in [0.1, 0.15) is 40.5 Å². The van der Waals surface area contributed by atoms with Gasteiger partial charge in [0.15, 0.2) is 0 Å². The first-order valence-electron chi connectivity index (χ1n) is 9.84. The maximum Gasteiger partial charge on any atom is 0.279 e. The van der Waals surface area contributed by atoms with Gasteiger partial charge in [0.05, 0.1) is 6.26 Å². The number of sulfonamides is 1. The van der Waals surface area contributed by atoms with Crippen LogP contribution in [0.3, 0.4) is 0 Å². The third-order valence-electron chi connectivity index (χ3n) is 4.76. The zero-order chi connectivity index (χ0) is 20.7. The molecule has 10 heteroatoms. The van der Waals surface area contributed by atoms with E-state index in [0.29, 0.717) is 64.2 Å². The van der Waals surface area contributed by atoms with E-state index in [-0.39, 0.29) is 0 Å². The summed E-state index contributed by atoms with van der Waals surface area (Å²) in [5, 5.41) is 0. The van der Waals surface area contributed by atoms with Crippen LogP contribution in [-0.2, 0) is 20.2 Å². The Morgan fingerprint density at radius 3 is 1.78 bits per heavy atom. The van der Waals surface area contributed by atoms with E-state index in [1.165, 1.54) is 10.6 Å². The maximum atomic E-state index is 12.7. The molecule has 0 saturated carbocycles. The Morgan fingerprint density at radius 2 is 1.37 bits per heavy atom. The predicted octanol–water partition coefficient (Wildman–Crippen LogP) is 0.792. The highest BCUT2D eigenvalue weighted by molar-refractivity contribution is 7.88. The minimum Gasteiger partial charge on any atom is -0.299 e. The lowest BCUT2D eigenvalue weighted by molar-refractivity contribution is 0.191. The summed E-state index contributed by atoms with van der Waals surface area (Å²) in [6.07, 6.45) is 2.90. The molecule has 1 aliphatic rings. The van der Waals surface area contributed by atoms with Crippen LogP contribution in [0.4, 0.5) is 0 Å². The fourth-order valence-electron chi connectivity index (χ4n) is 2.87. The van der Waals surface area contributed by atoms with Gasteiger partial charge in [-0.3, -0.25) is 4.90 Å². The fraction of sp³-hybridized carbons (Fsp3) is 1.00. The van der Waals surface area contributed by atoms with Crippen LogP contribution in [0, 0.1) is 11.8 Å². The summed E-state index contributed by atoms with van der Waals surface area (Å²) in [5.41, 5.74) is 0. The number of hydrogen-bond donors (Lipinski definition) is 1. The summed E-state index contributed by atoms with van der Waals surface area (Å²) < 4.78 is 54.2. The molecule has 27 heavy (non-hydrogen) atoms. The molecule has 1 aliphatic heterocycles. The molecule has 1 heterocycles. The third-order valence-corrected chi connectivity index (χ3v) is 7.68. The molecule has 0 aromatic carbocycles. The summed E-state index contributed by atoms with van der Waals surface area (Å²) in [4.78, 5) is 2.09. The Hall–Kier alpha value is -0.260.